The zero-order valence-electron chi connectivity index (χ0n) is 11.9. The molecule has 5 nitrogen and oxygen atoms in total. The van der Waals surface area contributed by atoms with Gasteiger partial charge in [0, 0.05) is 13.6 Å². The van der Waals surface area contributed by atoms with Crippen molar-refractivity contribution >= 4 is 22.5 Å². The SMILES string of the molecule is Cn1c(=O)n(CC2CCCNC2)c(=O)c2cccc(Cl)c21. The van der Waals surface area contributed by atoms with Gasteiger partial charge in [-0.25, -0.2) is 4.79 Å². The van der Waals surface area contributed by atoms with Crippen LogP contribution in [0.25, 0.3) is 10.9 Å². The van der Waals surface area contributed by atoms with Crippen molar-refractivity contribution in [3.63, 3.8) is 0 Å². The third-order valence-corrected chi connectivity index (χ3v) is 4.46. The van der Waals surface area contributed by atoms with Crippen molar-refractivity contribution in [1.29, 1.82) is 0 Å². The van der Waals surface area contributed by atoms with Gasteiger partial charge in [-0.3, -0.25) is 13.9 Å². The van der Waals surface area contributed by atoms with Crippen LogP contribution in [0.4, 0.5) is 0 Å². The Morgan fingerprint density at radius 1 is 1.38 bits per heavy atom. The standard InChI is InChI=1S/C15H18ClN3O2/c1-18-13-11(5-2-6-12(13)16)14(20)19(15(18)21)9-10-4-3-7-17-8-10/h2,5-6,10,17H,3-4,7-9H2,1H3. The topological polar surface area (TPSA) is 56.0 Å². The number of halogens is 1. The van der Waals surface area contributed by atoms with Gasteiger partial charge in [0.05, 0.1) is 15.9 Å². The van der Waals surface area contributed by atoms with Gasteiger partial charge in [-0.15, -0.1) is 0 Å². The number of nitrogens with one attached hydrogen (secondary N) is 1. The molecular formula is C15H18ClN3O2. The molecule has 1 unspecified atom stereocenters. The molecule has 1 atom stereocenters. The van der Waals surface area contributed by atoms with Crippen LogP contribution in [-0.2, 0) is 13.6 Å². The lowest BCUT2D eigenvalue weighted by Crippen LogP contribution is -2.43. The van der Waals surface area contributed by atoms with Crippen LogP contribution in [0.2, 0.25) is 5.02 Å². The second-order valence-corrected chi connectivity index (χ2v) is 6.01. The molecule has 112 valence electrons. The highest BCUT2D eigenvalue weighted by molar-refractivity contribution is 6.35. The number of para-hydroxylation sites is 1. The lowest BCUT2D eigenvalue weighted by Gasteiger charge is -2.23. The summed E-state index contributed by atoms with van der Waals surface area (Å²) in [5, 5.41) is 4.23. The summed E-state index contributed by atoms with van der Waals surface area (Å²) in [6, 6.07) is 5.15. The molecule has 1 saturated heterocycles. The van der Waals surface area contributed by atoms with E-state index in [2.05, 4.69) is 5.32 Å². The van der Waals surface area contributed by atoms with E-state index in [1.165, 1.54) is 9.13 Å². The minimum absolute atomic E-state index is 0.249. The Morgan fingerprint density at radius 3 is 2.90 bits per heavy atom. The molecule has 1 aliphatic rings. The average molecular weight is 308 g/mol. The molecule has 3 rings (SSSR count). The molecule has 0 bridgehead atoms. The minimum Gasteiger partial charge on any atom is -0.316 e. The van der Waals surface area contributed by atoms with E-state index in [9.17, 15) is 9.59 Å². The molecular weight excluding hydrogens is 290 g/mol. The summed E-state index contributed by atoms with van der Waals surface area (Å²) in [4.78, 5) is 25.1. The molecule has 2 aromatic rings. The third-order valence-electron chi connectivity index (χ3n) is 4.16. The van der Waals surface area contributed by atoms with Crippen LogP contribution in [0.3, 0.4) is 0 Å². The molecule has 1 N–H and O–H groups in total. The fourth-order valence-electron chi connectivity index (χ4n) is 3.04. The number of benzene rings is 1. The summed E-state index contributed by atoms with van der Waals surface area (Å²) in [5.74, 6) is 0.320. The lowest BCUT2D eigenvalue weighted by atomic mass is 10.00. The van der Waals surface area contributed by atoms with Crippen LogP contribution in [-0.4, -0.2) is 22.2 Å². The van der Waals surface area contributed by atoms with Crippen molar-refractivity contribution in [2.75, 3.05) is 13.1 Å². The van der Waals surface area contributed by atoms with Crippen LogP contribution in [0.5, 0.6) is 0 Å². The number of aryl methyl sites for hydroxylation is 1. The summed E-state index contributed by atoms with van der Waals surface area (Å²) in [6.45, 7) is 2.32. The first-order chi connectivity index (χ1) is 10.1. The first kappa shape index (κ1) is 14.4. The molecule has 0 aliphatic carbocycles. The first-order valence-corrected chi connectivity index (χ1v) is 7.56. The maximum atomic E-state index is 12.6. The van der Waals surface area contributed by atoms with E-state index in [-0.39, 0.29) is 11.2 Å². The van der Waals surface area contributed by atoms with Crippen LogP contribution >= 0.6 is 11.6 Å². The van der Waals surface area contributed by atoms with Gasteiger partial charge in [0.25, 0.3) is 5.56 Å². The first-order valence-electron chi connectivity index (χ1n) is 7.18. The summed E-state index contributed by atoms with van der Waals surface area (Å²) < 4.78 is 2.81. The van der Waals surface area contributed by atoms with Gasteiger partial charge in [-0.1, -0.05) is 17.7 Å². The highest BCUT2D eigenvalue weighted by Gasteiger charge is 2.18. The maximum Gasteiger partial charge on any atom is 0.331 e. The number of nitrogens with zero attached hydrogens (tertiary/aromatic N) is 2. The molecule has 0 radical (unpaired) electrons. The number of aromatic nitrogens is 2. The zero-order valence-corrected chi connectivity index (χ0v) is 12.7. The molecule has 0 spiro atoms. The highest BCUT2D eigenvalue weighted by atomic mass is 35.5. The average Bonchev–Trinajstić information content (AvgIpc) is 2.50. The Morgan fingerprint density at radius 2 is 2.19 bits per heavy atom. The van der Waals surface area contributed by atoms with E-state index < -0.39 is 0 Å². The summed E-state index contributed by atoms with van der Waals surface area (Å²) in [7, 11) is 1.66. The van der Waals surface area contributed by atoms with Crippen molar-refractivity contribution in [2.45, 2.75) is 19.4 Å². The Kier molecular flexibility index (Phi) is 3.87. The van der Waals surface area contributed by atoms with E-state index in [0.29, 0.717) is 28.4 Å². The molecule has 2 heterocycles. The Bertz CT molecular complexity index is 788. The normalized spacial score (nSPS) is 19.0. The van der Waals surface area contributed by atoms with E-state index in [4.69, 9.17) is 11.6 Å². The molecule has 1 aromatic heterocycles. The summed E-state index contributed by atoms with van der Waals surface area (Å²) >= 11 is 6.13. The van der Waals surface area contributed by atoms with Crippen LogP contribution < -0.4 is 16.6 Å². The van der Waals surface area contributed by atoms with Crippen LogP contribution in [0, 0.1) is 5.92 Å². The number of piperidine rings is 1. The quantitative estimate of drug-likeness (QED) is 0.911. The van der Waals surface area contributed by atoms with Gasteiger partial charge in [0.15, 0.2) is 0 Å². The lowest BCUT2D eigenvalue weighted by molar-refractivity contribution is 0.327. The largest absolute Gasteiger partial charge is 0.331 e. The van der Waals surface area contributed by atoms with E-state index in [1.807, 2.05) is 0 Å². The van der Waals surface area contributed by atoms with Crippen molar-refractivity contribution in [3.05, 3.63) is 44.1 Å². The van der Waals surface area contributed by atoms with Crippen molar-refractivity contribution < 1.29 is 0 Å². The second-order valence-electron chi connectivity index (χ2n) is 5.61. The molecule has 0 saturated carbocycles. The van der Waals surface area contributed by atoms with E-state index in [1.54, 1.807) is 25.2 Å². The summed E-state index contributed by atoms with van der Waals surface area (Å²) in [5.41, 5.74) is -0.0421. The summed E-state index contributed by atoms with van der Waals surface area (Å²) in [6.07, 6.45) is 2.12. The predicted octanol–water partition coefficient (Wildman–Crippen LogP) is 1.35. The van der Waals surface area contributed by atoms with Crippen molar-refractivity contribution in [1.82, 2.24) is 14.5 Å². The Hall–Kier alpha value is -1.59. The van der Waals surface area contributed by atoms with E-state index >= 15 is 0 Å². The molecule has 6 heteroatoms. The van der Waals surface area contributed by atoms with Gasteiger partial charge in [0.1, 0.15) is 0 Å². The maximum absolute atomic E-state index is 12.6. The number of hydrogen-bond acceptors (Lipinski definition) is 3. The van der Waals surface area contributed by atoms with Crippen LogP contribution in [0.15, 0.2) is 27.8 Å². The van der Waals surface area contributed by atoms with Crippen molar-refractivity contribution in [2.24, 2.45) is 13.0 Å². The minimum atomic E-state index is -0.300. The fraction of sp³-hybridized carbons (Fsp3) is 0.467. The van der Waals surface area contributed by atoms with E-state index in [0.717, 1.165) is 25.9 Å². The third kappa shape index (κ3) is 2.51. The van der Waals surface area contributed by atoms with Crippen molar-refractivity contribution in [3.8, 4) is 0 Å². The van der Waals surface area contributed by atoms with Gasteiger partial charge in [-0.2, -0.15) is 0 Å². The zero-order chi connectivity index (χ0) is 15.0. The Balaban J connectivity index is 2.15. The van der Waals surface area contributed by atoms with Gasteiger partial charge >= 0.3 is 5.69 Å². The number of hydrogen-bond donors (Lipinski definition) is 1. The predicted molar refractivity (Wildman–Crippen MR) is 84.1 cm³/mol. The highest BCUT2D eigenvalue weighted by Crippen LogP contribution is 2.19. The molecule has 21 heavy (non-hydrogen) atoms. The molecule has 0 amide bonds. The van der Waals surface area contributed by atoms with Crippen LogP contribution in [0.1, 0.15) is 12.8 Å². The smallest absolute Gasteiger partial charge is 0.316 e. The number of rotatable bonds is 2. The monoisotopic (exact) mass is 307 g/mol. The van der Waals surface area contributed by atoms with Gasteiger partial charge < -0.3 is 5.32 Å². The number of fused-ring (bicyclic) bond motifs is 1. The van der Waals surface area contributed by atoms with Gasteiger partial charge in [0.2, 0.25) is 0 Å². The fourth-order valence-corrected chi connectivity index (χ4v) is 3.34. The molecule has 1 aromatic carbocycles. The molecule has 1 aliphatic heterocycles. The second kappa shape index (κ2) is 5.66. The Labute approximate surface area is 127 Å². The molecule has 1 fully saturated rings. The van der Waals surface area contributed by atoms with Gasteiger partial charge in [-0.05, 0) is 44.0 Å².